The first kappa shape index (κ1) is 14.8. The van der Waals surface area contributed by atoms with E-state index in [1.165, 1.54) is 4.90 Å². The molecule has 0 unspecified atom stereocenters. The van der Waals surface area contributed by atoms with Gasteiger partial charge in [0.25, 0.3) is 0 Å². The molecule has 2 N–H and O–H groups in total. The Morgan fingerprint density at radius 2 is 1.83 bits per heavy atom. The molecule has 1 amide bonds. The molecule has 0 aromatic rings. The first-order valence-corrected chi connectivity index (χ1v) is 6.37. The van der Waals surface area contributed by atoms with Gasteiger partial charge in [-0.15, -0.1) is 0 Å². The average molecular weight is 259 g/mol. The third-order valence-electron chi connectivity index (χ3n) is 3.23. The zero-order valence-electron chi connectivity index (χ0n) is 10.5. The van der Waals surface area contributed by atoms with Crippen LogP contribution >= 0.6 is 0 Å². The lowest BCUT2D eigenvalue weighted by Crippen LogP contribution is -2.37. The Labute approximate surface area is 107 Å². The van der Waals surface area contributed by atoms with Crippen molar-refractivity contribution in [2.45, 2.75) is 32.1 Å². The van der Waals surface area contributed by atoms with Crippen LogP contribution in [0.15, 0.2) is 0 Å². The molecule has 18 heavy (non-hydrogen) atoms. The highest BCUT2D eigenvalue weighted by Gasteiger charge is 2.21. The molecule has 1 fully saturated rings. The molecule has 1 aliphatic heterocycles. The summed E-state index contributed by atoms with van der Waals surface area (Å²) in [6.45, 7) is 2.34. The number of piperidine rings is 1. The van der Waals surface area contributed by atoms with Gasteiger partial charge < -0.3 is 19.8 Å². The second-order valence-electron chi connectivity index (χ2n) is 4.61. The number of rotatable bonds is 7. The lowest BCUT2D eigenvalue weighted by atomic mass is 9.94. The molecule has 104 valence electrons. The fourth-order valence-corrected chi connectivity index (χ4v) is 2.09. The van der Waals surface area contributed by atoms with Crippen molar-refractivity contribution in [3.05, 3.63) is 0 Å². The maximum atomic E-state index is 10.7. The minimum absolute atomic E-state index is 0.150. The van der Waals surface area contributed by atoms with Crippen LogP contribution in [0.5, 0.6) is 0 Å². The Balaban J connectivity index is 1.98. The van der Waals surface area contributed by atoms with Crippen molar-refractivity contribution in [1.29, 1.82) is 0 Å². The van der Waals surface area contributed by atoms with Gasteiger partial charge in [-0.25, -0.2) is 4.79 Å². The van der Waals surface area contributed by atoms with Gasteiger partial charge >= 0.3 is 12.1 Å². The number of hydrogen-bond acceptors (Lipinski definition) is 3. The van der Waals surface area contributed by atoms with Crippen molar-refractivity contribution in [1.82, 2.24) is 4.90 Å². The van der Waals surface area contributed by atoms with E-state index in [0.29, 0.717) is 38.6 Å². The second-order valence-corrected chi connectivity index (χ2v) is 4.61. The molecule has 0 atom stereocenters. The summed E-state index contributed by atoms with van der Waals surface area (Å²) in [5.74, 6) is -0.264. The van der Waals surface area contributed by atoms with Gasteiger partial charge in [0.2, 0.25) is 0 Å². The number of carboxylic acid groups (broad SMARTS) is 2. The van der Waals surface area contributed by atoms with Gasteiger partial charge in [-0.1, -0.05) is 0 Å². The standard InChI is InChI=1S/C12H21NO5/c14-11(15)2-1-8-18-9-5-10-3-6-13(7-4-10)12(16)17/h10H,1-9H2,(H,14,15)(H,16,17). The zero-order chi connectivity index (χ0) is 13.4. The van der Waals surface area contributed by atoms with E-state index in [9.17, 15) is 9.59 Å². The highest BCUT2D eigenvalue weighted by molar-refractivity contribution is 5.66. The van der Waals surface area contributed by atoms with E-state index in [4.69, 9.17) is 14.9 Å². The molecule has 0 saturated carbocycles. The van der Waals surface area contributed by atoms with Gasteiger partial charge in [-0.2, -0.15) is 0 Å². The van der Waals surface area contributed by atoms with Gasteiger partial charge in [0.1, 0.15) is 0 Å². The molecule has 1 rings (SSSR count). The SMILES string of the molecule is O=C(O)CCCOCCC1CCN(C(=O)O)CC1. The normalized spacial score (nSPS) is 16.8. The van der Waals surface area contributed by atoms with Gasteiger partial charge in [-0.3, -0.25) is 4.79 Å². The topological polar surface area (TPSA) is 87.1 Å². The Kier molecular flexibility index (Phi) is 6.49. The minimum Gasteiger partial charge on any atom is -0.481 e. The van der Waals surface area contributed by atoms with Crippen molar-refractivity contribution < 1.29 is 24.5 Å². The Bertz CT molecular complexity index is 274. The van der Waals surface area contributed by atoms with E-state index in [1.807, 2.05) is 0 Å². The third kappa shape index (κ3) is 5.86. The van der Waals surface area contributed by atoms with Crippen LogP contribution in [-0.4, -0.2) is 53.5 Å². The smallest absolute Gasteiger partial charge is 0.407 e. The Morgan fingerprint density at radius 1 is 1.17 bits per heavy atom. The van der Waals surface area contributed by atoms with Crippen LogP contribution in [-0.2, 0) is 9.53 Å². The molecule has 1 heterocycles. The molecule has 0 radical (unpaired) electrons. The van der Waals surface area contributed by atoms with Crippen molar-refractivity contribution in [3.8, 4) is 0 Å². The van der Waals surface area contributed by atoms with Crippen molar-refractivity contribution in [2.75, 3.05) is 26.3 Å². The minimum atomic E-state index is -0.835. The van der Waals surface area contributed by atoms with Crippen LogP contribution in [0.4, 0.5) is 4.79 Å². The first-order valence-electron chi connectivity index (χ1n) is 6.37. The van der Waals surface area contributed by atoms with Crippen molar-refractivity contribution in [2.24, 2.45) is 5.92 Å². The van der Waals surface area contributed by atoms with E-state index < -0.39 is 12.1 Å². The number of likely N-dealkylation sites (tertiary alicyclic amines) is 1. The summed E-state index contributed by atoms with van der Waals surface area (Å²) in [4.78, 5) is 22.4. The number of hydrogen-bond donors (Lipinski definition) is 2. The van der Waals surface area contributed by atoms with Gasteiger partial charge in [-0.05, 0) is 31.6 Å². The summed E-state index contributed by atoms with van der Waals surface area (Å²) in [5.41, 5.74) is 0. The molecule has 1 saturated heterocycles. The highest BCUT2D eigenvalue weighted by atomic mass is 16.5. The summed E-state index contributed by atoms with van der Waals surface area (Å²) in [6.07, 6.45) is 2.58. The number of carboxylic acids is 1. The number of aliphatic carboxylic acids is 1. The molecule has 0 aromatic carbocycles. The molecule has 0 aliphatic carbocycles. The van der Waals surface area contributed by atoms with Crippen LogP contribution in [0.3, 0.4) is 0 Å². The summed E-state index contributed by atoms with van der Waals surface area (Å²) < 4.78 is 5.37. The molecule has 1 aliphatic rings. The van der Waals surface area contributed by atoms with Crippen LogP contribution in [0.2, 0.25) is 0 Å². The summed E-state index contributed by atoms with van der Waals surface area (Å²) >= 11 is 0. The lowest BCUT2D eigenvalue weighted by Gasteiger charge is -2.29. The Hall–Kier alpha value is -1.30. The number of ether oxygens (including phenoxy) is 1. The van der Waals surface area contributed by atoms with Gasteiger partial charge in [0.15, 0.2) is 0 Å². The maximum Gasteiger partial charge on any atom is 0.407 e. The zero-order valence-corrected chi connectivity index (χ0v) is 10.5. The lowest BCUT2D eigenvalue weighted by molar-refractivity contribution is -0.137. The van der Waals surface area contributed by atoms with E-state index in [-0.39, 0.29) is 6.42 Å². The molecule has 0 bridgehead atoms. The fraction of sp³-hybridized carbons (Fsp3) is 0.833. The predicted molar refractivity (Wildman–Crippen MR) is 64.6 cm³/mol. The summed E-state index contributed by atoms with van der Waals surface area (Å²) in [5, 5.41) is 17.2. The fourth-order valence-electron chi connectivity index (χ4n) is 2.09. The van der Waals surface area contributed by atoms with Crippen LogP contribution in [0.25, 0.3) is 0 Å². The van der Waals surface area contributed by atoms with Crippen molar-refractivity contribution in [3.63, 3.8) is 0 Å². The number of carbonyl (C=O) groups is 2. The molecular formula is C12H21NO5. The van der Waals surface area contributed by atoms with E-state index in [1.54, 1.807) is 0 Å². The monoisotopic (exact) mass is 259 g/mol. The Morgan fingerprint density at radius 3 is 2.39 bits per heavy atom. The van der Waals surface area contributed by atoms with E-state index >= 15 is 0 Å². The first-order chi connectivity index (χ1) is 8.59. The molecular weight excluding hydrogens is 238 g/mol. The quantitative estimate of drug-likeness (QED) is 0.679. The maximum absolute atomic E-state index is 10.7. The molecule has 6 nitrogen and oxygen atoms in total. The van der Waals surface area contributed by atoms with E-state index in [0.717, 1.165) is 19.3 Å². The summed E-state index contributed by atoms with van der Waals surface area (Å²) in [6, 6.07) is 0. The van der Waals surface area contributed by atoms with Gasteiger partial charge in [0.05, 0.1) is 0 Å². The van der Waals surface area contributed by atoms with Crippen LogP contribution in [0, 0.1) is 5.92 Å². The predicted octanol–water partition coefficient (Wildman–Crippen LogP) is 1.65. The van der Waals surface area contributed by atoms with Crippen LogP contribution < -0.4 is 0 Å². The molecule has 0 spiro atoms. The van der Waals surface area contributed by atoms with E-state index in [2.05, 4.69) is 0 Å². The second kappa shape index (κ2) is 7.92. The molecule has 0 aromatic heterocycles. The largest absolute Gasteiger partial charge is 0.481 e. The van der Waals surface area contributed by atoms with Gasteiger partial charge in [0, 0.05) is 32.7 Å². The number of nitrogens with zero attached hydrogens (tertiary/aromatic N) is 1. The summed E-state index contributed by atoms with van der Waals surface area (Å²) in [7, 11) is 0. The molecule has 6 heteroatoms. The number of amides is 1. The van der Waals surface area contributed by atoms with Crippen molar-refractivity contribution >= 4 is 12.1 Å². The highest BCUT2D eigenvalue weighted by Crippen LogP contribution is 2.20. The van der Waals surface area contributed by atoms with Crippen LogP contribution in [0.1, 0.15) is 32.1 Å². The average Bonchev–Trinajstić information content (AvgIpc) is 2.34. The third-order valence-corrected chi connectivity index (χ3v) is 3.23.